The highest BCUT2D eigenvalue weighted by Gasteiger charge is 2.24. The van der Waals surface area contributed by atoms with Crippen LogP contribution in [0.15, 0.2) is 42.5 Å². The standard InChI is InChI=1S/C16H13FO3/c17-13-9-11(16(18)19)6-8-15(13)20-14-7-5-10-3-1-2-4-12(10)14/h1-4,6,8-9,14H,5,7H2,(H,18,19). The van der Waals surface area contributed by atoms with Crippen LogP contribution in [0.25, 0.3) is 0 Å². The van der Waals surface area contributed by atoms with Gasteiger partial charge in [0.25, 0.3) is 0 Å². The zero-order chi connectivity index (χ0) is 14.1. The van der Waals surface area contributed by atoms with E-state index < -0.39 is 11.8 Å². The molecule has 0 aromatic heterocycles. The minimum absolute atomic E-state index is 0.0818. The van der Waals surface area contributed by atoms with Gasteiger partial charge in [0.15, 0.2) is 11.6 Å². The summed E-state index contributed by atoms with van der Waals surface area (Å²) in [7, 11) is 0. The summed E-state index contributed by atoms with van der Waals surface area (Å²) in [4.78, 5) is 10.8. The molecule has 1 N–H and O–H groups in total. The summed E-state index contributed by atoms with van der Waals surface area (Å²) in [6.45, 7) is 0. The number of hydrogen-bond donors (Lipinski definition) is 1. The summed E-state index contributed by atoms with van der Waals surface area (Å²) >= 11 is 0. The predicted octanol–water partition coefficient (Wildman–Crippen LogP) is 3.59. The first-order valence-electron chi connectivity index (χ1n) is 6.42. The van der Waals surface area contributed by atoms with E-state index in [4.69, 9.17) is 9.84 Å². The maximum Gasteiger partial charge on any atom is 0.335 e. The molecule has 1 atom stereocenters. The van der Waals surface area contributed by atoms with Gasteiger partial charge >= 0.3 is 5.97 Å². The first kappa shape index (κ1) is 12.7. The van der Waals surface area contributed by atoms with E-state index in [2.05, 4.69) is 0 Å². The Bertz CT molecular complexity index is 667. The smallest absolute Gasteiger partial charge is 0.335 e. The molecule has 1 aliphatic rings. The largest absolute Gasteiger partial charge is 0.483 e. The van der Waals surface area contributed by atoms with Crippen LogP contribution in [0.5, 0.6) is 5.75 Å². The molecule has 0 heterocycles. The van der Waals surface area contributed by atoms with Crippen molar-refractivity contribution in [3.8, 4) is 5.75 Å². The number of aromatic carboxylic acids is 1. The molecule has 0 fully saturated rings. The summed E-state index contributed by atoms with van der Waals surface area (Å²) in [6.07, 6.45) is 1.55. The lowest BCUT2D eigenvalue weighted by atomic mass is 10.1. The Labute approximate surface area is 115 Å². The number of benzene rings is 2. The Hall–Kier alpha value is -2.36. The molecule has 0 saturated carbocycles. The highest BCUT2D eigenvalue weighted by atomic mass is 19.1. The van der Waals surface area contributed by atoms with Gasteiger partial charge in [-0.2, -0.15) is 0 Å². The van der Waals surface area contributed by atoms with Gasteiger partial charge in [0.1, 0.15) is 6.10 Å². The molecule has 0 aliphatic heterocycles. The number of rotatable bonds is 3. The molecule has 3 nitrogen and oxygen atoms in total. The van der Waals surface area contributed by atoms with Crippen LogP contribution in [-0.4, -0.2) is 11.1 Å². The van der Waals surface area contributed by atoms with Crippen LogP contribution in [0.4, 0.5) is 4.39 Å². The number of carboxylic acid groups (broad SMARTS) is 1. The van der Waals surface area contributed by atoms with Crippen molar-refractivity contribution in [1.82, 2.24) is 0 Å². The van der Waals surface area contributed by atoms with Gasteiger partial charge in [-0.1, -0.05) is 24.3 Å². The molecule has 0 saturated heterocycles. The number of ether oxygens (including phenoxy) is 1. The van der Waals surface area contributed by atoms with Crippen molar-refractivity contribution in [3.63, 3.8) is 0 Å². The van der Waals surface area contributed by atoms with Crippen molar-refractivity contribution in [2.75, 3.05) is 0 Å². The van der Waals surface area contributed by atoms with E-state index in [9.17, 15) is 9.18 Å². The molecule has 1 aliphatic carbocycles. The molecule has 0 amide bonds. The Balaban J connectivity index is 1.84. The maximum absolute atomic E-state index is 13.9. The number of aryl methyl sites for hydroxylation is 1. The van der Waals surface area contributed by atoms with E-state index in [0.717, 1.165) is 24.5 Å². The molecule has 0 radical (unpaired) electrons. The number of fused-ring (bicyclic) bond motifs is 1. The van der Waals surface area contributed by atoms with Gasteiger partial charge in [0.05, 0.1) is 5.56 Å². The normalized spacial score (nSPS) is 16.8. The second kappa shape index (κ2) is 4.96. The zero-order valence-electron chi connectivity index (χ0n) is 10.7. The molecule has 1 unspecified atom stereocenters. The Morgan fingerprint density at radius 3 is 2.80 bits per heavy atom. The summed E-state index contributed by atoms with van der Waals surface area (Å²) in [5.74, 6) is -1.70. The second-order valence-corrected chi connectivity index (χ2v) is 4.79. The van der Waals surface area contributed by atoms with Gasteiger partial charge in [-0.05, 0) is 42.2 Å². The topological polar surface area (TPSA) is 46.5 Å². The number of carbonyl (C=O) groups is 1. The van der Waals surface area contributed by atoms with Gasteiger partial charge in [-0.15, -0.1) is 0 Å². The van der Waals surface area contributed by atoms with Crippen LogP contribution in [0.1, 0.15) is 34.0 Å². The molecule has 3 rings (SSSR count). The second-order valence-electron chi connectivity index (χ2n) is 4.79. The average Bonchev–Trinajstić information content (AvgIpc) is 2.84. The molecule has 20 heavy (non-hydrogen) atoms. The SMILES string of the molecule is O=C(O)c1ccc(OC2CCc3ccccc32)c(F)c1. The number of halogens is 1. The Kier molecular flexibility index (Phi) is 3.14. The predicted molar refractivity (Wildman–Crippen MR) is 71.5 cm³/mol. The van der Waals surface area contributed by atoms with E-state index in [-0.39, 0.29) is 17.4 Å². The third-order valence-corrected chi connectivity index (χ3v) is 3.53. The van der Waals surface area contributed by atoms with Gasteiger partial charge < -0.3 is 9.84 Å². The van der Waals surface area contributed by atoms with Crippen LogP contribution in [0, 0.1) is 5.82 Å². The average molecular weight is 272 g/mol. The highest BCUT2D eigenvalue weighted by molar-refractivity contribution is 5.87. The van der Waals surface area contributed by atoms with Crippen molar-refractivity contribution >= 4 is 5.97 Å². The first-order chi connectivity index (χ1) is 9.65. The Morgan fingerprint density at radius 1 is 1.25 bits per heavy atom. The monoisotopic (exact) mass is 272 g/mol. The highest BCUT2D eigenvalue weighted by Crippen LogP contribution is 2.35. The third kappa shape index (κ3) is 2.25. The summed E-state index contributed by atoms with van der Waals surface area (Å²) < 4.78 is 19.6. The van der Waals surface area contributed by atoms with Crippen LogP contribution in [-0.2, 0) is 6.42 Å². The molecule has 102 valence electrons. The van der Waals surface area contributed by atoms with Crippen molar-refractivity contribution in [2.45, 2.75) is 18.9 Å². The molecular formula is C16H13FO3. The molecule has 0 spiro atoms. The van der Waals surface area contributed by atoms with Gasteiger partial charge in [0, 0.05) is 0 Å². The van der Waals surface area contributed by atoms with Crippen molar-refractivity contribution < 1.29 is 19.0 Å². The lowest BCUT2D eigenvalue weighted by Gasteiger charge is -2.15. The van der Waals surface area contributed by atoms with Crippen LogP contribution in [0.3, 0.4) is 0 Å². The zero-order valence-corrected chi connectivity index (χ0v) is 10.7. The fourth-order valence-corrected chi connectivity index (χ4v) is 2.52. The molecule has 2 aromatic rings. The third-order valence-electron chi connectivity index (χ3n) is 3.53. The minimum atomic E-state index is -1.15. The van der Waals surface area contributed by atoms with E-state index in [1.165, 1.54) is 17.7 Å². The van der Waals surface area contributed by atoms with Crippen molar-refractivity contribution in [3.05, 3.63) is 65.0 Å². The fourth-order valence-electron chi connectivity index (χ4n) is 2.52. The van der Waals surface area contributed by atoms with Gasteiger partial charge in [0.2, 0.25) is 0 Å². The summed E-state index contributed by atoms with van der Waals surface area (Å²) in [5, 5.41) is 8.81. The van der Waals surface area contributed by atoms with Gasteiger partial charge in [-0.25, -0.2) is 9.18 Å². The summed E-state index contributed by atoms with van der Waals surface area (Å²) in [6, 6.07) is 11.6. The quantitative estimate of drug-likeness (QED) is 0.928. The Morgan fingerprint density at radius 2 is 2.05 bits per heavy atom. The summed E-state index contributed by atoms with van der Waals surface area (Å²) in [5.41, 5.74) is 2.22. The fraction of sp³-hybridized carbons (Fsp3) is 0.188. The molecule has 4 heteroatoms. The maximum atomic E-state index is 13.9. The van der Waals surface area contributed by atoms with Crippen molar-refractivity contribution in [1.29, 1.82) is 0 Å². The van der Waals surface area contributed by atoms with E-state index >= 15 is 0 Å². The lowest BCUT2D eigenvalue weighted by Crippen LogP contribution is -2.06. The molecular weight excluding hydrogens is 259 g/mol. The minimum Gasteiger partial charge on any atom is -0.483 e. The van der Waals surface area contributed by atoms with Crippen LogP contribution >= 0.6 is 0 Å². The molecule has 0 bridgehead atoms. The van der Waals surface area contributed by atoms with E-state index in [0.29, 0.717) is 0 Å². The van der Waals surface area contributed by atoms with E-state index in [1.807, 2.05) is 24.3 Å². The molecule has 2 aromatic carbocycles. The van der Waals surface area contributed by atoms with E-state index in [1.54, 1.807) is 0 Å². The van der Waals surface area contributed by atoms with Gasteiger partial charge in [-0.3, -0.25) is 0 Å². The van der Waals surface area contributed by atoms with Crippen LogP contribution in [0.2, 0.25) is 0 Å². The number of carboxylic acids is 1. The van der Waals surface area contributed by atoms with Crippen molar-refractivity contribution in [2.24, 2.45) is 0 Å². The number of hydrogen-bond acceptors (Lipinski definition) is 2. The first-order valence-corrected chi connectivity index (χ1v) is 6.42. The van der Waals surface area contributed by atoms with Crippen LogP contribution < -0.4 is 4.74 Å². The lowest BCUT2D eigenvalue weighted by molar-refractivity contribution is 0.0696.